The van der Waals surface area contributed by atoms with Gasteiger partial charge >= 0.3 is 0 Å². The summed E-state index contributed by atoms with van der Waals surface area (Å²) in [6, 6.07) is 16.9. The summed E-state index contributed by atoms with van der Waals surface area (Å²) in [5, 5.41) is 1.20. The van der Waals surface area contributed by atoms with Gasteiger partial charge in [-0.1, -0.05) is 12.1 Å². The number of aromatic amines is 1. The molecule has 0 aliphatic carbocycles. The van der Waals surface area contributed by atoms with Gasteiger partial charge in [0, 0.05) is 51.5 Å². The summed E-state index contributed by atoms with van der Waals surface area (Å²) in [7, 11) is 0. The van der Waals surface area contributed by atoms with Crippen LogP contribution in [-0.4, -0.2) is 15.0 Å². The molecule has 112 valence electrons. The van der Waals surface area contributed by atoms with E-state index in [2.05, 4.69) is 51.4 Å². The molecule has 0 fully saturated rings. The second-order valence-electron chi connectivity index (χ2n) is 5.86. The van der Waals surface area contributed by atoms with Crippen LogP contribution in [0.25, 0.3) is 33.3 Å². The third-order valence-corrected chi connectivity index (χ3v) is 4.07. The van der Waals surface area contributed by atoms with Crippen LogP contribution in [-0.2, 0) is 0 Å². The van der Waals surface area contributed by atoms with E-state index in [0.717, 1.165) is 33.7 Å². The molecule has 0 unspecified atom stereocenters. The van der Waals surface area contributed by atoms with Crippen LogP contribution in [0.4, 0.5) is 0 Å². The van der Waals surface area contributed by atoms with Crippen LogP contribution < -0.4 is 0 Å². The summed E-state index contributed by atoms with van der Waals surface area (Å²) in [4.78, 5) is 12.1. The van der Waals surface area contributed by atoms with E-state index in [0.29, 0.717) is 0 Å². The highest BCUT2D eigenvalue weighted by Gasteiger charge is 2.06. The van der Waals surface area contributed by atoms with E-state index in [-0.39, 0.29) is 0 Å². The van der Waals surface area contributed by atoms with Crippen molar-refractivity contribution >= 4 is 10.9 Å². The average Bonchev–Trinajstić information content (AvgIpc) is 2.99. The van der Waals surface area contributed by atoms with Crippen LogP contribution in [0.15, 0.2) is 60.9 Å². The predicted octanol–water partition coefficient (Wildman–Crippen LogP) is 4.91. The van der Waals surface area contributed by atoms with Gasteiger partial charge in [-0.25, -0.2) is 0 Å². The first-order chi connectivity index (χ1) is 11.2. The highest BCUT2D eigenvalue weighted by Crippen LogP contribution is 2.28. The van der Waals surface area contributed by atoms with Gasteiger partial charge in [-0.2, -0.15) is 0 Å². The van der Waals surface area contributed by atoms with Crippen LogP contribution in [0.3, 0.4) is 0 Å². The Bertz CT molecular complexity index is 981. The number of nitrogens with one attached hydrogen (secondary N) is 1. The normalized spacial score (nSPS) is 11.0. The first-order valence-electron chi connectivity index (χ1n) is 7.68. The molecule has 0 saturated carbocycles. The van der Waals surface area contributed by atoms with E-state index in [1.807, 2.05) is 38.4 Å². The summed E-state index contributed by atoms with van der Waals surface area (Å²) in [5.41, 5.74) is 7.79. The SMILES string of the molecule is Cc1ccc(-c2ccc3[nH]c(-c4ccnc(C)c4)cc3c2)cn1. The van der Waals surface area contributed by atoms with E-state index < -0.39 is 0 Å². The third kappa shape index (κ3) is 2.61. The Balaban J connectivity index is 1.79. The van der Waals surface area contributed by atoms with Gasteiger partial charge in [0.1, 0.15) is 0 Å². The average molecular weight is 299 g/mol. The van der Waals surface area contributed by atoms with E-state index in [1.54, 1.807) is 0 Å². The largest absolute Gasteiger partial charge is 0.355 e. The van der Waals surface area contributed by atoms with Gasteiger partial charge in [0.25, 0.3) is 0 Å². The van der Waals surface area contributed by atoms with Crippen LogP contribution in [0.1, 0.15) is 11.4 Å². The quantitative estimate of drug-likeness (QED) is 0.571. The maximum atomic E-state index is 4.38. The zero-order valence-electron chi connectivity index (χ0n) is 13.2. The second-order valence-corrected chi connectivity index (χ2v) is 5.86. The van der Waals surface area contributed by atoms with Gasteiger partial charge in [-0.15, -0.1) is 0 Å². The summed E-state index contributed by atoms with van der Waals surface area (Å²) in [6.45, 7) is 4.01. The molecule has 0 radical (unpaired) electrons. The number of aryl methyl sites for hydroxylation is 2. The van der Waals surface area contributed by atoms with Crippen molar-refractivity contribution in [1.29, 1.82) is 0 Å². The molecule has 3 heterocycles. The van der Waals surface area contributed by atoms with Crippen molar-refractivity contribution < 1.29 is 0 Å². The molecular formula is C20H17N3. The van der Waals surface area contributed by atoms with Gasteiger partial charge in [0.05, 0.1) is 0 Å². The zero-order chi connectivity index (χ0) is 15.8. The number of nitrogens with zero attached hydrogens (tertiary/aromatic N) is 2. The van der Waals surface area contributed by atoms with Gasteiger partial charge in [-0.05, 0) is 55.8 Å². The molecule has 1 N–H and O–H groups in total. The topological polar surface area (TPSA) is 41.6 Å². The summed E-state index contributed by atoms with van der Waals surface area (Å²) in [5.74, 6) is 0. The molecule has 0 bridgehead atoms. The summed E-state index contributed by atoms with van der Waals surface area (Å²) in [6.07, 6.45) is 3.77. The molecule has 3 aromatic heterocycles. The van der Waals surface area contributed by atoms with Crippen LogP contribution in [0.2, 0.25) is 0 Å². The van der Waals surface area contributed by atoms with E-state index in [1.165, 1.54) is 10.9 Å². The fraction of sp³-hybridized carbons (Fsp3) is 0.100. The Hall–Kier alpha value is -2.94. The lowest BCUT2D eigenvalue weighted by molar-refractivity contribution is 1.20. The minimum atomic E-state index is 1.02. The summed E-state index contributed by atoms with van der Waals surface area (Å²) >= 11 is 0. The number of H-pyrrole nitrogens is 1. The van der Waals surface area contributed by atoms with Crippen molar-refractivity contribution in [2.24, 2.45) is 0 Å². The minimum Gasteiger partial charge on any atom is -0.355 e. The smallest absolute Gasteiger partial charge is 0.0466 e. The van der Waals surface area contributed by atoms with Gasteiger partial charge < -0.3 is 4.98 Å². The maximum Gasteiger partial charge on any atom is 0.0466 e. The molecule has 3 nitrogen and oxygen atoms in total. The molecule has 1 aromatic carbocycles. The van der Waals surface area contributed by atoms with Crippen molar-refractivity contribution in [2.75, 3.05) is 0 Å². The van der Waals surface area contributed by atoms with E-state index in [4.69, 9.17) is 0 Å². The molecule has 0 amide bonds. The van der Waals surface area contributed by atoms with Crippen LogP contribution in [0.5, 0.6) is 0 Å². The lowest BCUT2D eigenvalue weighted by atomic mass is 10.1. The van der Waals surface area contributed by atoms with Crippen molar-refractivity contribution in [3.8, 4) is 22.4 Å². The first-order valence-corrected chi connectivity index (χ1v) is 7.68. The maximum absolute atomic E-state index is 4.38. The third-order valence-electron chi connectivity index (χ3n) is 4.07. The lowest BCUT2D eigenvalue weighted by Gasteiger charge is -2.01. The number of hydrogen-bond acceptors (Lipinski definition) is 2. The van der Waals surface area contributed by atoms with Gasteiger partial charge in [0.15, 0.2) is 0 Å². The lowest BCUT2D eigenvalue weighted by Crippen LogP contribution is -1.82. The predicted molar refractivity (Wildman–Crippen MR) is 94.2 cm³/mol. The molecule has 3 heteroatoms. The molecular weight excluding hydrogens is 282 g/mol. The Morgan fingerprint density at radius 1 is 0.739 bits per heavy atom. The Kier molecular flexibility index (Phi) is 3.19. The molecule has 0 aliphatic heterocycles. The molecule has 0 spiro atoms. The monoisotopic (exact) mass is 299 g/mol. The standard InChI is InChI=1S/C20H17N3/c1-13-3-4-17(12-22-13)15-5-6-19-18(10-15)11-20(23-19)16-7-8-21-14(2)9-16/h3-12,23H,1-2H3. The Morgan fingerprint density at radius 2 is 1.61 bits per heavy atom. The number of benzene rings is 1. The van der Waals surface area contributed by atoms with Crippen molar-refractivity contribution in [3.05, 3.63) is 72.3 Å². The molecule has 0 atom stereocenters. The molecule has 23 heavy (non-hydrogen) atoms. The molecule has 0 saturated heterocycles. The van der Waals surface area contributed by atoms with Crippen molar-refractivity contribution in [1.82, 2.24) is 15.0 Å². The first kappa shape index (κ1) is 13.7. The molecule has 0 aliphatic rings. The van der Waals surface area contributed by atoms with E-state index >= 15 is 0 Å². The van der Waals surface area contributed by atoms with Crippen LogP contribution in [0, 0.1) is 13.8 Å². The summed E-state index contributed by atoms with van der Waals surface area (Å²) < 4.78 is 0. The highest BCUT2D eigenvalue weighted by molar-refractivity contribution is 5.89. The molecule has 4 aromatic rings. The molecule has 4 rings (SSSR count). The minimum absolute atomic E-state index is 1.02. The Morgan fingerprint density at radius 3 is 2.39 bits per heavy atom. The number of fused-ring (bicyclic) bond motifs is 1. The van der Waals surface area contributed by atoms with Gasteiger partial charge in [0.2, 0.25) is 0 Å². The number of rotatable bonds is 2. The fourth-order valence-corrected chi connectivity index (χ4v) is 2.82. The number of pyridine rings is 2. The number of aromatic nitrogens is 3. The van der Waals surface area contributed by atoms with Gasteiger partial charge in [-0.3, -0.25) is 9.97 Å². The second kappa shape index (κ2) is 5.36. The van der Waals surface area contributed by atoms with Crippen LogP contribution >= 0.6 is 0 Å². The van der Waals surface area contributed by atoms with Crippen molar-refractivity contribution in [3.63, 3.8) is 0 Å². The Labute approximate surface area is 135 Å². The number of hydrogen-bond donors (Lipinski definition) is 1. The van der Waals surface area contributed by atoms with Crippen molar-refractivity contribution in [2.45, 2.75) is 13.8 Å². The highest BCUT2D eigenvalue weighted by atomic mass is 14.7. The fourth-order valence-electron chi connectivity index (χ4n) is 2.82. The zero-order valence-corrected chi connectivity index (χ0v) is 13.2. The van der Waals surface area contributed by atoms with E-state index in [9.17, 15) is 0 Å².